The molecule has 0 spiro atoms. The smallest absolute Gasteiger partial charge is 0.104 e. The highest BCUT2D eigenvalue weighted by molar-refractivity contribution is 6.14. The van der Waals surface area contributed by atoms with E-state index in [9.17, 15) is 0 Å². The third kappa shape index (κ3) is 7.29. The number of benzene rings is 9. The highest BCUT2D eigenvalue weighted by Crippen LogP contribution is 2.41. The van der Waals surface area contributed by atoms with Crippen LogP contribution < -0.4 is 21.3 Å². The number of hydrogen-bond donors (Lipinski definition) is 4. The summed E-state index contributed by atoms with van der Waals surface area (Å²) < 4.78 is 7.21. The normalized spacial score (nSPS) is 17.7. The van der Waals surface area contributed by atoms with E-state index in [1.165, 1.54) is 76.6 Å². The van der Waals surface area contributed by atoms with E-state index in [2.05, 4.69) is 259 Å². The fraction of sp³-hybridized carbons (Fsp3) is 0.0597. The summed E-state index contributed by atoms with van der Waals surface area (Å²) in [6.45, 7) is 0. The minimum atomic E-state index is -0.180. The van der Waals surface area contributed by atoms with E-state index >= 15 is 0 Å². The van der Waals surface area contributed by atoms with Gasteiger partial charge in [-0.15, -0.1) is 0 Å². The fourth-order valence-electron chi connectivity index (χ4n) is 12.0. The third-order valence-electron chi connectivity index (χ3n) is 15.5. The Labute approximate surface area is 433 Å². The van der Waals surface area contributed by atoms with Gasteiger partial charge in [0.2, 0.25) is 0 Å². The molecule has 0 bridgehead atoms. The summed E-state index contributed by atoms with van der Waals surface area (Å²) >= 11 is 0. The fourth-order valence-corrected chi connectivity index (χ4v) is 12.0. The van der Waals surface area contributed by atoms with Crippen molar-refractivity contribution in [3.63, 3.8) is 0 Å². The summed E-state index contributed by atoms with van der Waals surface area (Å²) in [5, 5.41) is 22.4. The van der Waals surface area contributed by atoms with Crippen molar-refractivity contribution < 1.29 is 0 Å². The van der Waals surface area contributed by atoms with Gasteiger partial charge in [0.15, 0.2) is 0 Å². The second kappa shape index (κ2) is 17.7. The van der Waals surface area contributed by atoms with Gasteiger partial charge in [-0.1, -0.05) is 127 Å². The van der Waals surface area contributed by atoms with Gasteiger partial charge in [-0.05, 0) is 149 Å². The van der Waals surface area contributed by atoms with Gasteiger partial charge in [0.25, 0.3) is 0 Å². The molecule has 2 aliphatic rings. The number of para-hydroxylation sites is 4. The van der Waals surface area contributed by atoms with Gasteiger partial charge < -0.3 is 19.0 Å². The molecule has 0 aliphatic carbocycles. The lowest BCUT2D eigenvalue weighted by molar-refractivity contribution is 0.182. The molecule has 4 unspecified atom stereocenters. The van der Waals surface area contributed by atoms with E-state index in [1.807, 2.05) is 30.6 Å². The molecule has 0 radical (unpaired) electrons. The lowest BCUT2D eigenvalue weighted by Crippen LogP contribution is -2.65. The Hall–Kier alpha value is -9.31. The van der Waals surface area contributed by atoms with Crippen LogP contribution in [0.3, 0.4) is 0 Å². The molecule has 2 aliphatic heterocycles. The lowest BCUT2D eigenvalue weighted by atomic mass is 9.98. The van der Waals surface area contributed by atoms with Crippen LogP contribution in [0.4, 0.5) is 0 Å². The molecule has 75 heavy (non-hydrogen) atoms. The van der Waals surface area contributed by atoms with Gasteiger partial charge in [0.1, 0.15) is 6.17 Å². The van der Waals surface area contributed by atoms with Crippen molar-refractivity contribution in [1.82, 2.24) is 40.0 Å². The summed E-state index contributed by atoms with van der Waals surface area (Å²) in [5.74, 6) is 0. The van der Waals surface area contributed by atoms with Gasteiger partial charge >= 0.3 is 0 Å². The number of hydrogen-bond acceptors (Lipinski definition) is 5. The number of pyridine rings is 1. The van der Waals surface area contributed by atoms with Crippen LogP contribution in [0.5, 0.6) is 0 Å². The number of nitrogens with zero attached hydrogens (tertiary/aromatic N) is 4. The minimum absolute atomic E-state index is 0.0427. The molecule has 0 saturated carbocycles. The van der Waals surface area contributed by atoms with Crippen molar-refractivity contribution in [3.8, 4) is 39.3 Å². The SMILES string of the molecule is C1=CNC(C2NC(c3cccc(-n4c5ccc(-c6ccc7c(c6)c6ccccc6n7-c6ccccc6)cc5c5cc(-c6ccc7c(c6)c6ccccc6n7-c6ccccc6)ccc54)c3)NC(c3ccccn3)N2)C=C1. The Morgan fingerprint density at radius 1 is 0.347 bits per heavy atom. The van der Waals surface area contributed by atoms with Crippen LogP contribution in [-0.2, 0) is 0 Å². The molecule has 6 heterocycles. The highest BCUT2D eigenvalue weighted by Gasteiger charge is 2.33. The summed E-state index contributed by atoms with van der Waals surface area (Å²) in [7, 11) is 0. The molecule has 1 saturated heterocycles. The molecule has 1 fully saturated rings. The second-order valence-electron chi connectivity index (χ2n) is 19.8. The molecular weight excluding hydrogens is 917 g/mol. The monoisotopic (exact) mass is 966 g/mol. The van der Waals surface area contributed by atoms with Crippen molar-refractivity contribution in [3.05, 3.63) is 266 Å². The van der Waals surface area contributed by atoms with Crippen LogP contribution >= 0.6 is 0 Å². The molecule has 9 aromatic carbocycles. The van der Waals surface area contributed by atoms with Gasteiger partial charge in [-0.3, -0.25) is 20.9 Å². The largest absolute Gasteiger partial charge is 0.382 e. The standard InChI is InChI=1S/C67H50N8/c1-3-17-48(18-4-1)73-59-26-9-7-22-51(59)53-39-43(28-32-61(53)73)45-30-34-63-55(41-45)56-42-46(44-29-33-62-54(40-44)52-23-8-10-27-60(52)74(62)49-19-5-2-6-20-49)31-35-64(56)75(63)50-21-15-16-47(38-50)65-70-66(57-24-11-13-36-68-57)72-67(71-65)58-25-12-14-37-69-58/h1-42,57,65-68,70-72H. The van der Waals surface area contributed by atoms with Gasteiger partial charge in [-0.2, -0.15) is 0 Å². The zero-order chi connectivity index (χ0) is 49.4. The third-order valence-corrected chi connectivity index (χ3v) is 15.5. The molecule has 15 rings (SSSR count). The van der Waals surface area contributed by atoms with Crippen molar-refractivity contribution >= 4 is 65.4 Å². The summed E-state index contributed by atoms with van der Waals surface area (Å²) in [4.78, 5) is 4.77. The van der Waals surface area contributed by atoms with E-state index < -0.39 is 0 Å². The maximum atomic E-state index is 4.77. The molecule has 8 nitrogen and oxygen atoms in total. The number of aromatic nitrogens is 4. The average molecular weight is 967 g/mol. The first kappa shape index (κ1) is 43.3. The molecule has 4 N–H and O–H groups in total. The molecule has 358 valence electrons. The Balaban J connectivity index is 0.891. The van der Waals surface area contributed by atoms with E-state index in [-0.39, 0.29) is 24.5 Å². The predicted octanol–water partition coefficient (Wildman–Crippen LogP) is 14.6. The average Bonchev–Trinajstić information content (AvgIpc) is 4.13. The van der Waals surface area contributed by atoms with Crippen molar-refractivity contribution in [2.75, 3.05) is 0 Å². The van der Waals surface area contributed by atoms with Crippen molar-refractivity contribution in [2.45, 2.75) is 24.5 Å². The maximum Gasteiger partial charge on any atom is 0.104 e. The molecule has 0 amide bonds. The minimum Gasteiger partial charge on any atom is -0.382 e. The van der Waals surface area contributed by atoms with Crippen LogP contribution in [0.1, 0.15) is 23.6 Å². The molecule has 4 aromatic heterocycles. The quantitative estimate of drug-likeness (QED) is 0.122. The Morgan fingerprint density at radius 2 is 0.813 bits per heavy atom. The Bertz CT molecular complexity index is 4180. The van der Waals surface area contributed by atoms with Crippen molar-refractivity contribution in [1.29, 1.82) is 0 Å². The van der Waals surface area contributed by atoms with Crippen LogP contribution in [0.2, 0.25) is 0 Å². The van der Waals surface area contributed by atoms with E-state index in [4.69, 9.17) is 4.98 Å². The van der Waals surface area contributed by atoms with Crippen LogP contribution in [0, 0.1) is 0 Å². The second-order valence-corrected chi connectivity index (χ2v) is 19.8. The molecule has 8 heteroatoms. The molecule has 13 aromatic rings. The van der Waals surface area contributed by atoms with E-state index in [0.29, 0.717) is 0 Å². The van der Waals surface area contributed by atoms with Gasteiger partial charge in [-0.25, -0.2) is 0 Å². The van der Waals surface area contributed by atoms with Crippen LogP contribution in [0.15, 0.2) is 255 Å². The van der Waals surface area contributed by atoms with E-state index in [0.717, 1.165) is 39.4 Å². The molecular formula is C67H50N8. The van der Waals surface area contributed by atoms with E-state index in [1.54, 1.807) is 0 Å². The Morgan fingerprint density at radius 3 is 1.33 bits per heavy atom. The summed E-state index contributed by atoms with van der Waals surface area (Å²) in [5.41, 5.74) is 17.2. The first-order chi connectivity index (χ1) is 37.2. The first-order valence-corrected chi connectivity index (χ1v) is 25.8. The van der Waals surface area contributed by atoms with Crippen molar-refractivity contribution in [2.24, 2.45) is 0 Å². The predicted molar refractivity (Wildman–Crippen MR) is 308 cm³/mol. The summed E-state index contributed by atoms with van der Waals surface area (Å²) in [6.07, 6.45) is 9.75. The van der Waals surface area contributed by atoms with Crippen LogP contribution in [-0.4, -0.2) is 30.9 Å². The topological polar surface area (TPSA) is 75.8 Å². The zero-order valence-electron chi connectivity index (χ0n) is 40.8. The maximum absolute atomic E-state index is 4.77. The zero-order valence-corrected chi connectivity index (χ0v) is 40.8. The number of rotatable bonds is 8. The number of allylic oxidation sites excluding steroid dienone is 2. The van der Waals surface area contributed by atoms with Crippen LogP contribution in [0.25, 0.3) is 105 Å². The lowest BCUT2D eigenvalue weighted by Gasteiger charge is -2.41. The van der Waals surface area contributed by atoms with Gasteiger partial charge in [0.05, 0.1) is 57.2 Å². The number of fused-ring (bicyclic) bond motifs is 9. The number of nitrogens with one attached hydrogen (secondary N) is 4. The Kier molecular flexibility index (Phi) is 10.2. The number of dihydropyridines is 1. The highest BCUT2D eigenvalue weighted by atomic mass is 15.4. The molecule has 4 atom stereocenters. The first-order valence-electron chi connectivity index (χ1n) is 25.8. The summed E-state index contributed by atoms with van der Waals surface area (Å²) in [6, 6.07) is 82.0. The van der Waals surface area contributed by atoms with Gasteiger partial charge in [0, 0.05) is 55.6 Å².